The molecule has 0 saturated heterocycles. The van der Waals surface area contributed by atoms with Gasteiger partial charge >= 0.3 is 6.16 Å². The molecule has 0 amide bonds. The average Bonchev–Trinajstić information content (AvgIpc) is 2.18. The van der Waals surface area contributed by atoms with Crippen molar-refractivity contribution >= 4 is 12.1 Å². The van der Waals surface area contributed by atoms with E-state index < -0.39 is 6.16 Å². The van der Waals surface area contributed by atoms with Gasteiger partial charge in [0.1, 0.15) is 5.75 Å². The van der Waals surface area contributed by atoms with Gasteiger partial charge < -0.3 is 14.6 Å². The second kappa shape index (κ2) is 4.99. The van der Waals surface area contributed by atoms with Gasteiger partial charge in [0, 0.05) is 5.56 Å². The fourth-order valence-corrected chi connectivity index (χ4v) is 0.902. The fraction of sp³-hybridized carbons (Fsp3) is 0.200. The third-order valence-corrected chi connectivity index (χ3v) is 1.58. The highest BCUT2D eigenvalue weighted by molar-refractivity contribution is 5.97. The van der Waals surface area contributed by atoms with Crippen LogP contribution < -0.4 is 0 Å². The molecule has 1 aromatic carbocycles. The summed E-state index contributed by atoms with van der Waals surface area (Å²) in [6.07, 6.45) is -0.907. The molecule has 0 heterocycles. The average molecular weight is 209 g/mol. The topological polar surface area (TPSA) is 79.6 Å². The zero-order valence-electron chi connectivity index (χ0n) is 8.19. The molecule has 0 aliphatic heterocycles. The van der Waals surface area contributed by atoms with Crippen molar-refractivity contribution in [1.82, 2.24) is 0 Å². The number of rotatable bonds is 2. The van der Waals surface area contributed by atoms with Crippen LogP contribution in [0, 0.1) is 5.41 Å². The van der Waals surface area contributed by atoms with Gasteiger partial charge in [0.15, 0.2) is 0 Å². The van der Waals surface area contributed by atoms with Crippen molar-refractivity contribution < 1.29 is 19.4 Å². The van der Waals surface area contributed by atoms with Crippen LogP contribution in [0.15, 0.2) is 24.3 Å². The van der Waals surface area contributed by atoms with E-state index in [0.29, 0.717) is 5.56 Å². The molecule has 0 aromatic heterocycles. The first kappa shape index (κ1) is 11.0. The predicted molar refractivity (Wildman–Crippen MR) is 53.0 cm³/mol. The lowest BCUT2D eigenvalue weighted by atomic mass is 10.2. The van der Waals surface area contributed by atoms with Gasteiger partial charge in [-0.3, -0.25) is 5.41 Å². The number of phenols is 1. The third-order valence-electron chi connectivity index (χ3n) is 1.58. The van der Waals surface area contributed by atoms with E-state index in [9.17, 15) is 4.79 Å². The minimum atomic E-state index is -0.907. The molecule has 0 radical (unpaired) electrons. The Labute approximate surface area is 86.8 Å². The van der Waals surface area contributed by atoms with Crippen molar-refractivity contribution in [3.8, 4) is 5.75 Å². The normalized spacial score (nSPS) is 9.40. The van der Waals surface area contributed by atoms with E-state index in [4.69, 9.17) is 10.5 Å². The Hall–Kier alpha value is -2.04. The Bertz CT molecular complexity index is 358. The summed E-state index contributed by atoms with van der Waals surface area (Å²) in [5.74, 6) is -0.226. The first-order valence-electron chi connectivity index (χ1n) is 4.36. The molecular formula is C10H11NO4. The van der Waals surface area contributed by atoms with Crippen LogP contribution in [0.1, 0.15) is 12.5 Å². The second-order valence-corrected chi connectivity index (χ2v) is 2.66. The lowest BCUT2D eigenvalue weighted by Crippen LogP contribution is -2.13. The molecule has 1 rings (SSSR count). The van der Waals surface area contributed by atoms with Gasteiger partial charge in [0.05, 0.1) is 6.61 Å². The van der Waals surface area contributed by atoms with Gasteiger partial charge in [-0.1, -0.05) is 0 Å². The Balaban J connectivity index is 2.61. The summed E-state index contributed by atoms with van der Waals surface area (Å²) < 4.78 is 9.06. The Kier molecular flexibility index (Phi) is 3.68. The predicted octanol–water partition coefficient (Wildman–Crippen LogP) is 1.89. The van der Waals surface area contributed by atoms with Crippen LogP contribution in [-0.2, 0) is 9.47 Å². The molecule has 0 aliphatic rings. The van der Waals surface area contributed by atoms with Crippen molar-refractivity contribution in [2.75, 3.05) is 6.61 Å². The van der Waals surface area contributed by atoms with E-state index >= 15 is 0 Å². The minimum absolute atomic E-state index is 0.0858. The van der Waals surface area contributed by atoms with E-state index in [2.05, 4.69) is 9.47 Å². The second-order valence-electron chi connectivity index (χ2n) is 2.66. The monoisotopic (exact) mass is 209 g/mol. The van der Waals surface area contributed by atoms with Crippen LogP contribution in [0.4, 0.5) is 4.79 Å². The quantitative estimate of drug-likeness (QED) is 0.443. The highest BCUT2D eigenvalue weighted by atomic mass is 16.7. The minimum Gasteiger partial charge on any atom is -0.508 e. The zero-order valence-corrected chi connectivity index (χ0v) is 8.19. The zero-order chi connectivity index (χ0) is 11.3. The van der Waals surface area contributed by atoms with E-state index in [0.717, 1.165) is 0 Å². The van der Waals surface area contributed by atoms with Gasteiger partial charge in [0.2, 0.25) is 5.90 Å². The van der Waals surface area contributed by atoms with Crippen molar-refractivity contribution in [1.29, 1.82) is 5.41 Å². The SMILES string of the molecule is CCOC(=O)OC(=N)c1ccc(O)cc1. The van der Waals surface area contributed by atoms with Crippen molar-refractivity contribution in [3.63, 3.8) is 0 Å². The third kappa shape index (κ3) is 3.30. The number of benzene rings is 1. The molecular weight excluding hydrogens is 198 g/mol. The number of phenolic OH excluding ortho intramolecular Hbond substituents is 1. The number of nitrogens with one attached hydrogen (secondary N) is 1. The summed E-state index contributed by atoms with van der Waals surface area (Å²) in [6, 6.07) is 5.74. The largest absolute Gasteiger partial charge is 0.515 e. The van der Waals surface area contributed by atoms with Gasteiger partial charge in [-0.2, -0.15) is 0 Å². The molecule has 0 spiro atoms. The molecule has 1 aromatic rings. The highest BCUT2D eigenvalue weighted by Crippen LogP contribution is 2.10. The number of hydrogen-bond donors (Lipinski definition) is 2. The van der Waals surface area contributed by atoms with E-state index in [1.807, 2.05) is 0 Å². The van der Waals surface area contributed by atoms with Gasteiger partial charge in [-0.05, 0) is 31.2 Å². The lowest BCUT2D eigenvalue weighted by molar-refractivity contribution is 0.100. The van der Waals surface area contributed by atoms with Crippen LogP contribution >= 0.6 is 0 Å². The molecule has 2 N–H and O–H groups in total. The van der Waals surface area contributed by atoms with Gasteiger partial charge in [-0.15, -0.1) is 0 Å². The summed E-state index contributed by atoms with van der Waals surface area (Å²) in [4.78, 5) is 10.9. The summed E-state index contributed by atoms with van der Waals surface area (Å²) in [6.45, 7) is 1.84. The smallest absolute Gasteiger partial charge is 0.508 e. The van der Waals surface area contributed by atoms with Gasteiger partial charge in [0.25, 0.3) is 0 Å². The Morgan fingerprint density at radius 2 is 2.00 bits per heavy atom. The van der Waals surface area contributed by atoms with Crippen molar-refractivity contribution in [2.45, 2.75) is 6.92 Å². The molecule has 5 nitrogen and oxygen atoms in total. The molecule has 0 aliphatic carbocycles. The maximum atomic E-state index is 10.9. The standard InChI is InChI=1S/C10H11NO4/c1-2-14-10(13)15-9(11)7-3-5-8(12)6-4-7/h3-6,11-12H,2H2,1H3. The van der Waals surface area contributed by atoms with E-state index in [1.165, 1.54) is 24.3 Å². The lowest BCUT2D eigenvalue weighted by Gasteiger charge is -2.04. The maximum absolute atomic E-state index is 10.9. The number of carbonyl (C=O) groups is 1. The first-order valence-corrected chi connectivity index (χ1v) is 4.36. The van der Waals surface area contributed by atoms with Crippen molar-refractivity contribution in [2.24, 2.45) is 0 Å². The Morgan fingerprint density at radius 3 is 2.53 bits per heavy atom. The molecule has 0 saturated carbocycles. The summed E-state index contributed by atoms with van der Waals surface area (Å²) >= 11 is 0. The van der Waals surface area contributed by atoms with Crippen LogP contribution in [0.5, 0.6) is 5.75 Å². The highest BCUT2D eigenvalue weighted by Gasteiger charge is 2.09. The summed E-state index contributed by atoms with van der Waals surface area (Å²) in [7, 11) is 0. The molecule has 0 atom stereocenters. The fourth-order valence-electron chi connectivity index (χ4n) is 0.902. The molecule has 80 valence electrons. The van der Waals surface area contributed by atoms with Crippen LogP contribution in [0.25, 0.3) is 0 Å². The Morgan fingerprint density at radius 1 is 1.40 bits per heavy atom. The number of ether oxygens (including phenoxy) is 2. The van der Waals surface area contributed by atoms with Gasteiger partial charge in [-0.25, -0.2) is 4.79 Å². The van der Waals surface area contributed by atoms with Crippen LogP contribution in [0.3, 0.4) is 0 Å². The van der Waals surface area contributed by atoms with Crippen molar-refractivity contribution in [3.05, 3.63) is 29.8 Å². The summed E-state index contributed by atoms with van der Waals surface area (Å²) in [5, 5.41) is 16.4. The molecule has 15 heavy (non-hydrogen) atoms. The number of aromatic hydroxyl groups is 1. The van der Waals surface area contributed by atoms with E-state index in [1.54, 1.807) is 6.92 Å². The molecule has 5 heteroatoms. The molecule has 0 fully saturated rings. The van der Waals surface area contributed by atoms with E-state index in [-0.39, 0.29) is 18.3 Å². The maximum Gasteiger partial charge on any atom is 0.515 e. The summed E-state index contributed by atoms with van der Waals surface area (Å²) in [5.41, 5.74) is 0.390. The molecule has 0 bridgehead atoms. The first-order chi connectivity index (χ1) is 7.13. The number of hydrogen-bond acceptors (Lipinski definition) is 5. The number of carbonyl (C=O) groups excluding carboxylic acids is 1. The van der Waals surface area contributed by atoms with Crippen LogP contribution in [0.2, 0.25) is 0 Å². The van der Waals surface area contributed by atoms with Crippen LogP contribution in [-0.4, -0.2) is 23.8 Å². The molecule has 0 unspecified atom stereocenters.